The Morgan fingerprint density at radius 2 is 1.71 bits per heavy atom. The fourth-order valence-electron chi connectivity index (χ4n) is 2.91. The highest BCUT2D eigenvalue weighted by molar-refractivity contribution is 5.76. The van der Waals surface area contributed by atoms with Gasteiger partial charge < -0.3 is 16.4 Å². The van der Waals surface area contributed by atoms with Crippen molar-refractivity contribution in [2.24, 2.45) is 17.4 Å². The summed E-state index contributed by atoms with van der Waals surface area (Å²) in [5, 5.41) is 0. The number of nitrogens with zero attached hydrogens (tertiary/aromatic N) is 1. The molecule has 1 aromatic carbocycles. The number of nitrogens with two attached hydrogens (primary N) is 2. The molecule has 2 rings (SSSR count). The number of hydrogen-bond acceptors (Lipinski definition) is 3. The van der Waals surface area contributed by atoms with Crippen LogP contribution in [0.2, 0.25) is 0 Å². The van der Waals surface area contributed by atoms with Gasteiger partial charge in [-0.3, -0.25) is 4.79 Å². The summed E-state index contributed by atoms with van der Waals surface area (Å²) in [5.41, 5.74) is 14.2. The Bertz CT molecular complexity index is 461. The number of piperidine rings is 1. The summed E-state index contributed by atoms with van der Waals surface area (Å²) in [6, 6.07) is 8.63. The van der Waals surface area contributed by atoms with Crippen molar-refractivity contribution in [3.05, 3.63) is 35.4 Å². The Morgan fingerprint density at radius 3 is 2.19 bits per heavy atom. The van der Waals surface area contributed by atoms with E-state index in [0.717, 1.165) is 32.5 Å². The average Bonchev–Trinajstić information content (AvgIpc) is 2.47. The van der Waals surface area contributed by atoms with Gasteiger partial charge in [-0.15, -0.1) is 0 Å². The van der Waals surface area contributed by atoms with E-state index in [9.17, 15) is 4.79 Å². The largest absolute Gasteiger partial charge is 0.369 e. The second-order valence-corrected chi connectivity index (χ2v) is 6.41. The van der Waals surface area contributed by atoms with Crippen molar-refractivity contribution in [2.45, 2.75) is 38.6 Å². The van der Waals surface area contributed by atoms with Crippen LogP contribution in [0.25, 0.3) is 0 Å². The van der Waals surface area contributed by atoms with Gasteiger partial charge in [-0.25, -0.2) is 0 Å². The Labute approximate surface area is 127 Å². The molecule has 1 saturated heterocycles. The number of carbonyl (C=O) groups excluding carboxylic acids is 1. The lowest BCUT2D eigenvalue weighted by atomic mass is 9.95. The number of rotatable bonds is 5. The minimum Gasteiger partial charge on any atom is -0.369 e. The average molecular weight is 289 g/mol. The van der Waals surface area contributed by atoms with Crippen LogP contribution in [0.1, 0.15) is 49.8 Å². The van der Waals surface area contributed by atoms with Crippen molar-refractivity contribution in [3.8, 4) is 0 Å². The third-order valence-electron chi connectivity index (χ3n) is 4.48. The maximum Gasteiger partial charge on any atom is 0.220 e. The normalized spacial score (nSPS) is 18.9. The molecule has 0 spiro atoms. The third kappa shape index (κ3) is 4.29. The van der Waals surface area contributed by atoms with E-state index in [0.29, 0.717) is 5.92 Å². The van der Waals surface area contributed by atoms with Gasteiger partial charge in [0.15, 0.2) is 0 Å². The molecule has 4 nitrogen and oxygen atoms in total. The minimum atomic E-state index is -0.164. The van der Waals surface area contributed by atoms with Crippen LogP contribution < -0.4 is 11.5 Å². The topological polar surface area (TPSA) is 72.3 Å². The molecule has 4 N–H and O–H groups in total. The predicted molar refractivity (Wildman–Crippen MR) is 85.8 cm³/mol. The van der Waals surface area contributed by atoms with Gasteiger partial charge in [0.2, 0.25) is 5.91 Å². The quantitative estimate of drug-likeness (QED) is 0.871. The summed E-state index contributed by atoms with van der Waals surface area (Å²) in [6.45, 7) is 7.04. The van der Waals surface area contributed by atoms with E-state index in [1.165, 1.54) is 11.1 Å². The van der Waals surface area contributed by atoms with Crippen molar-refractivity contribution < 1.29 is 4.79 Å². The van der Waals surface area contributed by atoms with E-state index >= 15 is 0 Å². The predicted octanol–water partition coefficient (Wildman–Crippen LogP) is 2.01. The van der Waals surface area contributed by atoms with Crippen LogP contribution in [-0.2, 0) is 4.79 Å². The van der Waals surface area contributed by atoms with Gasteiger partial charge in [0.05, 0.1) is 0 Å². The van der Waals surface area contributed by atoms with Crippen molar-refractivity contribution in [1.29, 1.82) is 0 Å². The molecule has 1 aliphatic rings. The highest BCUT2D eigenvalue weighted by Gasteiger charge is 2.24. The lowest BCUT2D eigenvalue weighted by molar-refractivity contribution is -0.123. The molecule has 21 heavy (non-hydrogen) atoms. The zero-order valence-electron chi connectivity index (χ0n) is 13.1. The first-order valence-corrected chi connectivity index (χ1v) is 7.84. The van der Waals surface area contributed by atoms with Crippen LogP contribution in [0.3, 0.4) is 0 Å². The summed E-state index contributed by atoms with van der Waals surface area (Å²) in [6.07, 6.45) is 1.71. The standard InChI is InChI=1S/C17H27N3O/c1-12(2)13-3-5-14(6-4-13)16(18)11-20-9-7-15(8-10-20)17(19)21/h3-6,12,15-16H,7-11,18H2,1-2H3,(H2,19,21). The Hall–Kier alpha value is -1.39. The van der Waals surface area contributed by atoms with Gasteiger partial charge in [0, 0.05) is 18.5 Å². The monoisotopic (exact) mass is 289 g/mol. The molecule has 1 unspecified atom stereocenters. The molecule has 1 amide bonds. The molecule has 1 aromatic rings. The molecule has 0 bridgehead atoms. The Balaban J connectivity index is 1.87. The highest BCUT2D eigenvalue weighted by Crippen LogP contribution is 2.21. The lowest BCUT2D eigenvalue weighted by Crippen LogP contribution is -2.41. The number of hydrogen-bond donors (Lipinski definition) is 2. The molecule has 1 heterocycles. The molecule has 0 saturated carbocycles. The molecular weight excluding hydrogens is 262 g/mol. The zero-order valence-corrected chi connectivity index (χ0v) is 13.1. The second kappa shape index (κ2) is 7.05. The first-order valence-electron chi connectivity index (χ1n) is 7.84. The van der Waals surface area contributed by atoms with Gasteiger partial charge in [0.1, 0.15) is 0 Å². The molecule has 4 heteroatoms. The summed E-state index contributed by atoms with van der Waals surface area (Å²) in [5.74, 6) is 0.425. The number of amides is 1. The maximum atomic E-state index is 11.2. The van der Waals surface area contributed by atoms with Gasteiger partial charge in [-0.2, -0.15) is 0 Å². The van der Waals surface area contributed by atoms with E-state index < -0.39 is 0 Å². The molecule has 0 aliphatic carbocycles. The fraction of sp³-hybridized carbons (Fsp3) is 0.588. The van der Waals surface area contributed by atoms with Gasteiger partial charge in [-0.05, 0) is 43.0 Å². The van der Waals surface area contributed by atoms with Gasteiger partial charge >= 0.3 is 0 Å². The first-order chi connectivity index (χ1) is 9.97. The summed E-state index contributed by atoms with van der Waals surface area (Å²) < 4.78 is 0. The minimum absolute atomic E-state index is 0.0244. The Morgan fingerprint density at radius 1 is 1.19 bits per heavy atom. The first kappa shape index (κ1) is 16.0. The highest BCUT2D eigenvalue weighted by atomic mass is 16.1. The smallest absolute Gasteiger partial charge is 0.220 e. The fourth-order valence-corrected chi connectivity index (χ4v) is 2.91. The van der Waals surface area contributed by atoms with Crippen LogP contribution >= 0.6 is 0 Å². The molecule has 1 aliphatic heterocycles. The van der Waals surface area contributed by atoms with E-state index in [1.807, 2.05) is 0 Å². The third-order valence-corrected chi connectivity index (χ3v) is 4.48. The molecular formula is C17H27N3O. The zero-order chi connectivity index (χ0) is 15.4. The van der Waals surface area contributed by atoms with E-state index in [-0.39, 0.29) is 17.9 Å². The number of likely N-dealkylation sites (tertiary alicyclic amines) is 1. The van der Waals surface area contributed by atoms with Gasteiger partial charge in [-0.1, -0.05) is 38.1 Å². The van der Waals surface area contributed by atoms with Crippen molar-refractivity contribution in [1.82, 2.24) is 4.90 Å². The van der Waals surface area contributed by atoms with Crippen LogP contribution in [0.5, 0.6) is 0 Å². The van der Waals surface area contributed by atoms with Crippen LogP contribution in [-0.4, -0.2) is 30.4 Å². The molecule has 0 radical (unpaired) electrons. The summed E-state index contributed by atoms with van der Waals surface area (Å²) in [4.78, 5) is 13.5. The SMILES string of the molecule is CC(C)c1ccc(C(N)CN2CCC(C(N)=O)CC2)cc1. The van der Waals surface area contributed by atoms with Gasteiger partial charge in [0.25, 0.3) is 0 Å². The second-order valence-electron chi connectivity index (χ2n) is 6.41. The number of carbonyl (C=O) groups is 1. The molecule has 116 valence electrons. The maximum absolute atomic E-state index is 11.2. The van der Waals surface area contributed by atoms with E-state index in [4.69, 9.17) is 11.5 Å². The van der Waals surface area contributed by atoms with Crippen LogP contribution in [0.15, 0.2) is 24.3 Å². The molecule has 1 atom stereocenters. The molecule has 1 fully saturated rings. The Kier molecular flexibility index (Phi) is 5.37. The van der Waals surface area contributed by atoms with Crippen molar-refractivity contribution >= 4 is 5.91 Å². The number of benzene rings is 1. The van der Waals surface area contributed by atoms with E-state index in [1.54, 1.807) is 0 Å². The lowest BCUT2D eigenvalue weighted by Gasteiger charge is -2.32. The van der Waals surface area contributed by atoms with E-state index in [2.05, 4.69) is 43.0 Å². The number of primary amides is 1. The van der Waals surface area contributed by atoms with Crippen LogP contribution in [0.4, 0.5) is 0 Å². The summed E-state index contributed by atoms with van der Waals surface area (Å²) in [7, 11) is 0. The van der Waals surface area contributed by atoms with Crippen LogP contribution in [0, 0.1) is 5.92 Å². The van der Waals surface area contributed by atoms with Crippen molar-refractivity contribution in [2.75, 3.05) is 19.6 Å². The molecule has 0 aromatic heterocycles. The summed E-state index contributed by atoms with van der Waals surface area (Å²) >= 11 is 0. The van der Waals surface area contributed by atoms with Crippen molar-refractivity contribution in [3.63, 3.8) is 0 Å².